The first-order chi connectivity index (χ1) is 7.54. The maximum atomic E-state index is 9.87. The molecule has 1 aliphatic rings. The smallest absolute Gasteiger partial charge is 0.0689 e. The molecule has 1 saturated heterocycles. The predicted molar refractivity (Wildman–Crippen MR) is 68.6 cm³/mol. The highest BCUT2D eigenvalue weighted by molar-refractivity contribution is 4.79. The first kappa shape index (κ1) is 13.9. The fraction of sp³-hybridized carbons (Fsp3) is 1.00. The molecule has 1 aliphatic heterocycles. The van der Waals surface area contributed by atoms with Crippen molar-refractivity contribution in [3.8, 4) is 0 Å². The molecule has 0 aromatic rings. The van der Waals surface area contributed by atoms with Crippen molar-refractivity contribution >= 4 is 0 Å². The summed E-state index contributed by atoms with van der Waals surface area (Å²) in [6.07, 6.45) is 2.30. The number of hydrogen-bond donors (Lipinski definition) is 1. The van der Waals surface area contributed by atoms with Crippen molar-refractivity contribution in [2.75, 3.05) is 33.2 Å². The van der Waals surface area contributed by atoms with Gasteiger partial charge in [0.05, 0.1) is 6.10 Å². The molecule has 3 heteroatoms. The number of piperidine rings is 1. The van der Waals surface area contributed by atoms with Crippen molar-refractivity contribution in [3.63, 3.8) is 0 Å². The topological polar surface area (TPSA) is 26.7 Å². The van der Waals surface area contributed by atoms with Gasteiger partial charge in [-0.25, -0.2) is 0 Å². The molecule has 1 N–H and O–H groups in total. The first-order valence-corrected chi connectivity index (χ1v) is 6.65. The summed E-state index contributed by atoms with van der Waals surface area (Å²) in [5, 5.41) is 9.87. The van der Waals surface area contributed by atoms with Crippen molar-refractivity contribution in [2.24, 2.45) is 5.92 Å². The molecule has 0 aromatic carbocycles. The van der Waals surface area contributed by atoms with Gasteiger partial charge in [-0.2, -0.15) is 0 Å². The van der Waals surface area contributed by atoms with Crippen LogP contribution in [-0.4, -0.2) is 60.3 Å². The highest BCUT2D eigenvalue weighted by Crippen LogP contribution is 2.16. The average Bonchev–Trinajstić information content (AvgIpc) is 2.28. The molecule has 0 spiro atoms. The highest BCUT2D eigenvalue weighted by Gasteiger charge is 2.23. The molecule has 0 bridgehead atoms. The number of hydrogen-bond acceptors (Lipinski definition) is 3. The number of likely N-dealkylation sites (N-methyl/N-ethyl adjacent to an activating group) is 1. The molecule has 96 valence electrons. The lowest BCUT2D eigenvalue weighted by Gasteiger charge is -2.37. The second kappa shape index (κ2) is 6.58. The Hall–Kier alpha value is -0.120. The Kier molecular flexibility index (Phi) is 5.73. The Bertz CT molecular complexity index is 188. The number of likely N-dealkylation sites (tertiary alicyclic amines) is 1. The molecule has 0 aromatic heterocycles. The fourth-order valence-corrected chi connectivity index (χ4v) is 2.33. The molecule has 3 nitrogen and oxygen atoms in total. The summed E-state index contributed by atoms with van der Waals surface area (Å²) in [5.41, 5.74) is 0. The standard InChI is InChI=1S/C13H28N2O/c1-5-15-8-6-12(7-9-15)14(4)10-13(16)11(2)3/h11-13,16H,5-10H2,1-4H3. The van der Waals surface area contributed by atoms with Gasteiger partial charge in [0.2, 0.25) is 0 Å². The van der Waals surface area contributed by atoms with Crippen molar-refractivity contribution in [1.29, 1.82) is 0 Å². The Balaban J connectivity index is 2.30. The number of rotatable bonds is 5. The van der Waals surface area contributed by atoms with E-state index in [2.05, 4.69) is 37.6 Å². The van der Waals surface area contributed by atoms with Crippen LogP contribution in [0.3, 0.4) is 0 Å². The second-order valence-electron chi connectivity index (χ2n) is 5.42. The summed E-state index contributed by atoms with van der Waals surface area (Å²) in [6.45, 7) is 10.8. The van der Waals surface area contributed by atoms with Gasteiger partial charge in [0.1, 0.15) is 0 Å². The fourth-order valence-electron chi connectivity index (χ4n) is 2.33. The molecule has 1 heterocycles. The molecule has 0 amide bonds. The first-order valence-electron chi connectivity index (χ1n) is 6.65. The van der Waals surface area contributed by atoms with Gasteiger partial charge in [-0.15, -0.1) is 0 Å². The summed E-state index contributed by atoms with van der Waals surface area (Å²) < 4.78 is 0. The van der Waals surface area contributed by atoms with E-state index in [1.54, 1.807) is 0 Å². The minimum absolute atomic E-state index is 0.186. The van der Waals surface area contributed by atoms with Gasteiger partial charge in [-0.05, 0) is 45.4 Å². The van der Waals surface area contributed by atoms with E-state index in [-0.39, 0.29) is 6.10 Å². The summed E-state index contributed by atoms with van der Waals surface area (Å²) in [4.78, 5) is 4.85. The molecule has 0 radical (unpaired) electrons. The predicted octanol–water partition coefficient (Wildman–Crippen LogP) is 1.42. The zero-order chi connectivity index (χ0) is 12.1. The van der Waals surface area contributed by atoms with Crippen LogP contribution < -0.4 is 0 Å². The van der Waals surface area contributed by atoms with Crippen molar-refractivity contribution < 1.29 is 5.11 Å². The van der Waals surface area contributed by atoms with Crippen LogP contribution in [0.4, 0.5) is 0 Å². The Labute approximate surface area is 100 Å². The van der Waals surface area contributed by atoms with E-state index in [1.165, 1.54) is 32.5 Å². The van der Waals surface area contributed by atoms with Gasteiger partial charge in [0.25, 0.3) is 0 Å². The molecule has 16 heavy (non-hydrogen) atoms. The quantitative estimate of drug-likeness (QED) is 0.771. The van der Waals surface area contributed by atoms with Crippen LogP contribution in [0, 0.1) is 5.92 Å². The van der Waals surface area contributed by atoms with Crippen LogP contribution in [0.25, 0.3) is 0 Å². The third-order valence-electron chi connectivity index (χ3n) is 3.87. The maximum Gasteiger partial charge on any atom is 0.0689 e. The van der Waals surface area contributed by atoms with Gasteiger partial charge in [0, 0.05) is 12.6 Å². The zero-order valence-electron chi connectivity index (χ0n) is 11.3. The second-order valence-corrected chi connectivity index (χ2v) is 5.42. The van der Waals surface area contributed by atoms with Gasteiger partial charge < -0.3 is 14.9 Å². The van der Waals surface area contributed by atoms with Gasteiger partial charge >= 0.3 is 0 Å². The lowest BCUT2D eigenvalue weighted by molar-refractivity contribution is 0.0517. The molecule has 1 rings (SSSR count). The van der Waals surface area contributed by atoms with E-state index < -0.39 is 0 Å². The van der Waals surface area contributed by atoms with Crippen LogP contribution in [0.2, 0.25) is 0 Å². The summed E-state index contributed by atoms with van der Waals surface area (Å²) in [6, 6.07) is 0.663. The molecule has 0 aliphatic carbocycles. The molecule has 1 atom stereocenters. The number of aliphatic hydroxyl groups excluding tert-OH is 1. The number of aliphatic hydroxyl groups is 1. The van der Waals surface area contributed by atoms with E-state index in [9.17, 15) is 5.11 Å². The molecular weight excluding hydrogens is 200 g/mol. The van der Waals surface area contributed by atoms with Gasteiger partial charge in [0.15, 0.2) is 0 Å². The summed E-state index contributed by atoms with van der Waals surface area (Å²) in [7, 11) is 2.15. The van der Waals surface area contributed by atoms with E-state index in [0.29, 0.717) is 12.0 Å². The van der Waals surface area contributed by atoms with Gasteiger partial charge in [-0.1, -0.05) is 20.8 Å². The van der Waals surface area contributed by atoms with Gasteiger partial charge in [-0.3, -0.25) is 0 Å². The largest absolute Gasteiger partial charge is 0.392 e. The summed E-state index contributed by atoms with van der Waals surface area (Å²) in [5.74, 6) is 0.359. The van der Waals surface area contributed by atoms with Crippen molar-refractivity contribution in [3.05, 3.63) is 0 Å². The minimum Gasteiger partial charge on any atom is -0.392 e. The van der Waals surface area contributed by atoms with Crippen LogP contribution >= 0.6 is 0 Å². The minimum atomic E-state index is -0.186. The molecule has 1 unspecified atom stereocenters. The van der Waals surface area contributed by atoms with Crippen LogP contribution in [0.1, 0.15) is 33.6 Å². The van der Waals surface area contributed by atoms with Crippen molar-refractivity contribution in [1.82, 2.24) is 9.80 Å². The zero-order valence-corrected chi connectivity index (χ0v) is 11.3. The molecule has 1 fully saturated rings. The SMILES string of the molecule is CCN1CCC(N(C)CC(O)C(C)C)CC1. The third-order valence-corrected chi connectivity index (χ3v) is 3.87. The monoisotopic (exact) mass is 228 g/mol. The maximum absolute atomic E-state index is 9.87. The lowest BCUT2D eigenvalue weighted by atomic mass is 10.0. The van der Waals surface area contributed by atoms with Crippen LogP contribution in [-0.2, 0) is 0 Å². The van der Waals surface area contributed by atoms with Crippen LogP contribution in [0.5, 0.6) is 0 Å². The Morgan fingerprint density at radius 3 is 2.31 bits per heavy atom. The van der Waals surface area contributed by atoms with Crippen LogP contribution in [0.15, 0.2) is 0 Å². The lowest BCUT2D eigenvalue weighted by Crippen LogP contribution is -2.46. The summed E-state index contributed by atoms with van der Waals surface area (Å²) >= 11 is 0. The average molecular weight is 228 g/mol. The normalized spacial score (nSPS) is 21.9. The van der Waals surface area contributed by atoms with E-state index >= 15 is 0 Å². The van der Waals surface area contributed by atoms with E-state index in [4.69, 9.17) is 0 Å². The Morgan fingerprint density at radius 2 is 1.88 bits per heavy atom. The Morgan fingerprint density at radius 1 is 1.31 bits per heavy atom. The number of nitrogens with zero attached hydrogens (tertiary/aromatic N) is 2. The third kappa shape index (κ3) is 4.04. The van der Waals surface area contributed by atoms with E-state index in [1.807, 2.05) is 0 Å². The van der Waals surface area contributed by atoms with E-state index in [0.717, 1.165) is 6.54 Å². The highest BCUT2D eigenvalue weighted by atomic mass is 16.3. The molecular formula is C13H28N2O. The molecule has 0 saturated carbocycles. The van der Waals surface area contributed by atoms with Crippen molar-refractivity contribution in [2.45, 2.75) is 45.8 Å².